The molecule has 4 heteroatoms. The lowest BCUT2D eigenvalue weighted by atomic mass is 9.68. The van der Waals surface area contributed by atoms with Crippen LogP contribution < -0.4 is 0 Å². The number of rotatable bonds is 5. The van der Waals surface area contributed by atoms with Gasteiger partial charge in [0, 0.05) is 12.1 Å². The molecular formula is C21H31NO3. The molecule has 2 aliphatic heterocycles. The van der Waals surface area contributed by atoms with Gasteiger partial charge in [0.2, 0.25) is 0 Å². The summed E-state index contributed by atoms with van der Waals surface area (Å²) in [6.07, 6.45) is 6.22. The molecule has 0 radical (unpaired) electrons. The standard InChI is InChI=1S/C21H31NO3/c1-3-17(4-2)21(24)13-18-11-8-12-19(14-21)22(18)20(23)25-15-16-9-6-5-7-10-16/h5-7,9-10,17-19,24H,3-4,8,11-15H2,1-2H3. The molecular weight excluding hydrogens is 314 g/mol. The van der Waals surface area contributed by atoms with Crippen molar-refractivity contribution in [3.8, 4) is 0 Å². The average Bonchev–Trinajstić information content (AvgIpc) is 2.60. The number of ether oxygens (including phenoxy) is 1. The van der Waals surface area contributed by atoms with E-state index in [0.717, 1.165) is 37.7 Å². The van der Waals surface area contributed by atoms with E-state index in [4.69, 9.17) is 4.74 Å². The van der Waals surface area contributed by atoms with Crippen LogP contribution in [0.3, 0.4) is 0 Å². The Kier molecular flexibility index (Phi) is 5.67. The Hall–Kier alpha value is -1.55. The Balaban J connectivity index is 1.67. The topological polar surface area (TPSA) is 49.8 Å². The van der Waals surface area contributed by atoms with Crippen molar-refractivity contribution in [3.63, 3.8) is 0 Å². The molecule has 4 nitrogen and oxygen atoms in total. The van der Waals surface area contributed by atoms with Crippen LogP contribution in [0.2, 0.25) is 0 Å². The van der Waals surface area contributed by atoms with Crippen molar-refractivity contribution in [2.45, 2.75) is 83.1 Å². The lowest BCUT2D eigenvalue weighted by Crippen LogP contribution is -2.61. The maximum Gasteiger partial charge on any atom is 0.410 e. The van der Waals surface area contributed by atoms with Gasteiger partial charge in [0.25, 0.3) is 0 Å². The fourth-order valence-electron chi connectivity index (χ4n) is 4.94. The first kappa shape index (κ1) is 18.2. The largest absolute Gasteiger partial charge is 0.445 e. The number of amides is 1. The minimum absolute atomic E-state index is 0.112. The second-order valence-electron chi connectivity index (χ2n) is 7.71. The van der Waals surface area contributed by atoms with Gasteiger partial charge in [-0.05, 0) is 43.6 Å². The summed E-state index contributed by atoms with van der Waals surface area (Å²) in [4.78, 5) is 14.7. The fourth-order valence-corrected chi connectivity index (χ4v) is 4.94. The van der Waals surface area contributed by atoms with Crippen molar-refractivity contribution < 1.29 is 14.6 Å². The van der Waals surface area contributed by atoms with Crippen LogP contribution in [0.1, 0.15) is 64.4 Å². The van der Waals surface area contributed by atoms with Gasteiger partial charge >= 0.3 is 6.09 Å². The van der Waals surface area contributed by atoms with Crippen molar-refractivity contribution in [2.75, 3.05) is 0 Å². The van der Waals surface area contributed by atoms with Crippen molar-refractivity contribution in [3.05, 3.63) is 35.9 Å². The molecule has 1 aromatic rings. The van der Waals surface area contributed by atoms with Gasteiger partial charge in [-0.2, -0.15) is 0 Å². The number of benzene rings is 1. The predicted octanol–water partition coefficient (Wildman–Crippen LogP) is 4.51. The number of hydrogen-bond acceptors (Lipinski definition) is 3. The minimum Gasteiger partial charge on any atom is -0.445 e. The molecule has 2 saturated heterocycles. The Morgan fingerprint density at radius 3 is 2.36 bits per heavy atom. The zero-order valence-electron chi connectivity index (χ0n) is 15.5. The van der Waals surface area contributed by atoms with E-state index in [-0.39, 0.29) is 18.2 Å². The molecule has 0 saturated carbocycles. The van der Waals surface area contributed by atoms with Crippen molar-refractivity contribution in [1.29, 1.82) is 0 Å². The minimum atomic E-state index is -0.630. The fraction of sp³-hybridized carbons (Fsp3) is 0.667. The quantitative estimate of drug-likeness (QED) is 0.854. The highest BCUT2D eigenvalue weighted by molar-refractivity contribution is 5.69. The number of carbonyl (C=O) groups excluding carboxylic acids is 1. The molecule has 2 heterocycles. The Bertz CT molecular complexity index is 556. The average molecular weight is 345 g/mol. The number of carbonyl (C=O) groups is 1. The summed E-state index contributed by atoms with van der Waals surface area (Å²) in [6, 6.07) is 10.0. The van der Waals surface area contributed by atoms with Gasteiger partial charge in [0.15, 0.2) is 0 Å². The van der Waals surface area contributed by atoms with Crippen molar-refractivity contribution >= 4 is 6.09 Å². The molecule has 1 aromatic carbocycles. The highest BCUT2D eigenvalue weighted by Crippen LogP contribution is 2.44. The third-order valence-electron chi connectivity index (χ3n) is 6.20. The van der Waals surface area contributed by atoms with Gasteiger partial charge < -0.3 is 14.7 Å². The van der Waals surface area contributed by atoms with Crippen LogP contribution in [-0.2, 0) is 11.3 Å². The van der Waals surface area contributed by atoms with E-state index in [9.17, 15) is 9.90 Å². The van der Waals surface area contributed by atoms with Gasteiger partial charge in [0.05, 0.1) is 5.60 Å². The van der Waals surface area contributed by atoms with E-state index < -0.39 is 5.60 Å². The third-order valence-corrected chi connectivity index (χ3v) is 6.20. The molecule has 1 amide bonds. The maximum absolute atomic E-state index is 12.7. The Morgan fingerprint density at radius 2 is 1.80 bits per heavy atom. The van der Waals surface area contributed by atoms with E-state index >= 15 is 0 Å². The summed E-state index contributed by atoms with van der Waals surface area (Å²) >= 11 is 0. The molecule has 2 atom stereocenters. The summed E-state index contributed by atoms with van der Waals surface area (Å²) in [5, 5.41) is 11.3. The van der Waals surface area contributed by atoms with Gasteiger partial charge in [-0.25, -0.2) is 4.79 Å². The summed E-state index contributed by atoms with van der Waals surface area (Å²) in [5.41, 5.74) is 0.377. The molecule has 3 rings (SSSR count). The molecule has 2 aliphatic rings. The highest BCUT2D eigenvalue weighted by Gasteiger charge is 2.50. The summed E-state index contributed by atoms with van der Waals surface area (Å²) in [5.74, 6) is 0.318. The number of fused-ring (bicyclic) bond motifs is 2. The first-order valence-electron chi connectivity index (χ1n) is 9.78. The smallest absolute Gasteiger partial charge is 0.410 e. The van der Waals surface area contributed by atoms with E-state index in [1.54, 1.807) is 0 Å². The zero-order chi connectivity index (χ0) is 17.9. The normalized spacial score (nSPS) is 28.9. The molecule has 2 bridgehead atoms. The Labute approximate surface area is 151 Å². The molecule has 2 unspecified atom stereocenters. The SMILES string of the molecule is CCC(CC)C1(O)CC2CCCC(C1)N2C(=O)OCc1ccccc1. The highest BCUT2D eigenvalue weighted by atomic mass is 16.6. The third kappa shape index (κ3) is 3.84. The van der Waals surface area contributed by atoms with E-state index in [1.165, 1.54) is 0 Å². The molecule has 1 N–H and O–H groups in total. The van der Waals surface area contributed by atoms with Gasteiger partial charge in [-0.3, -0.25) is 0 Å². The van der Waals surface area contributed by atoms with E-state index in [2.05, 4.69) is 13.8 Å². The first-order chi connectivity index (χ1) is 12.1. The predicted molar refractivity (Wildman–Crippen MR) is 98.1 cm³/mol. The Morgan fingerprint density at radius 1 is 1.20 bits per heavy atom. The van der Waals surface area contributed by atoms with Crippen LogP contribution in [0.15, 0.2) is 30.3 Å². The number of aliphatic hydroxyl groups is 1. The maximum atomic E-state index is 12.7. The van der Waals surface area contributed by atoms with Crippen LogP contribution in [0.25, 0.3) is 0 Å². The molecule has 25 heavy (non-hydrogen) atoms. The number of piperidine rings is 2. The second kappa shape index (κ2) is 7.77. The monoisotopic (exact) mass is 345 g/mol. The zero-order valence-corrected chi connectivity index (χ0v) is 15.5. The molecule has 2 fully saturated rings. The summed E-state index contributed by atoms with van der Waals surface area (Å²) in [7, 11) is 0. The van der Waals surface area contributed by atoms with Crippen molar-refractivity contribution in [2.24, 2.45) is 5.92 Å². The lowest BCUT2D eigenvalue weighted by molar-refractivity contribution is -0.117. The molecule has 0 spiro atoms. The number of nitrogens with zero attached hydrogens (tertiary/aromatic N) is 1. The summed E-state index contributed by atoms with van der Waals surface area (Å²) < 4.78 is 5.59. The molecule has 138 valence electrons. The van der Waals surface area contributed by atoms with Crippen LogP contribution in [0, 0.1) is 5.92 Å². The van der Waals surface area contributed by atoms with Crippen LogP contribution >= 0.6 is 0 Å². The van der Waals surface area contributed by atoms with E-state index in [0.29, 0.717) is 25.4 Å². The van der Waals surface area contributed by atoms with Gasteiger partial charge in [0.1, 0.15) is 6.61 Å². The number of hydrogen-bond donors (Lipinski definition) is 1. The summed E-state index contributed by atoms with van der Waals surface area (Å²) in [6.45, 7) is 4.62. The second-order valence-corrected chi connectivity index (χ2v) is 7.71. The van der Waals surface area contributed by atoms with E-state index in [1.807, 2.05) is 35.2 Å². The van der Waals surface area contributed by atoms with Crippen molar-refractivity contribution in [1.82, 2.24) is 4.90 Å². The van der Waals surface area contributed by atoms with Gasteiger partial charge in [-0.15, -0.1) is 0 Å². The molecule has 0 aliphatic carbocycles. The lowest BCUT2D eigenvalue weighted by Gasteiger charge is -2.53. The van der Waals surface area contributed by atoms with Crippen LogP contribution in [0.4, 0.5) is 4.79 Å². The first-order valence-corrected chi connectivity index (χ1v) is 9.78. The molecule has 0 aromatic heterocycles. The van der Waals surface area contributed by atoms with Gasteiger partial charge in [-0.1, -0.05) is 57.0 Å². The van der Waals surface area contributed by atoms with Crippen LogP contribution in [-0.4, -0.2) is 33.8 Å². The van der Waals surface area contributed by atoms with Crippen LogP contribution in [0.5, 0.6) is 0 Å².